The highest BCUT2D eigenvalue weighted by molar-refractivity contribution is 5.90. The highest BCUT2D eigenvalue weighted by atomic mass is 16.5. The summed E-state index contributed by atoms with van der Waals surface area (Å²) in [5.74, 6) is -0.257. The number of carbonyl (C=O) groups excluding carboxylic acids is 1. The lowest BCUT2D eigenvalue weighted by atomic mass is 10.2. The maximum Gasteiger partial charge on any atom is 0.338 e. The van der Waals surface area contributed by atoms with Crippen LogP contribution in [0.2, 0.25) is 0 Å². The van der Waals surface area contributed by atoms with E-state index < -0.39 is 0 Å². The Morgan fingerprint density at radius 1 is 1.22 bits per heavy atom. The number of rotatable bonds is 8. The van der Waals surface area contributed by atoms with E-state index in [1.165, 1.54) is 19.3 Å². The summed E-state index contributed by atoms with van der Waals surface area (Å²) in [7, 11) is 0. The first kappa shape index (κ1) is 14.6. The van der Waals surface area contributed by atoms with E-state index in [2.05, 4.69) is 12.2 Å². The van der Waals surface area contributed by atoms with Gasteiger partial charge in [0.2, 0.25) is 0 Å². The minimum atomic E-state index is -0.257. The Morgan fingerprint density at radius 3 is 2.78 bits per heavy atom. The molecule has 0 aliphatic heterocycles. The number of carbonyl (C=O) groups is 1. The molecule has 1 N–H and O–H groups in total. The third-order valence-corrected chi connectivity index (χ3v) is 2.73. The van der Waals surface area contributed by atoms with Crippen LogP contribution in [0.15, 0.2) is 24.3 Å². The zero-order valence-corrected chi connectivity index (χ0v) is 11.4. The Bertz CT molecular complexity index is 363. The van der Waals surface area contributed by atoms with Crippen molar-refractivity contribution in [1.29, 1.82) is 0 Å². The van der Waals surface area contributed by atoms with Crippen LogP contribution in [0, 0.1) is 0 Å². The fourth-order valence-electron chi connectivity index (χ4n) is 1.76. The summed E-state index contributed by atoms with van der Waals surface area (Å²) in [5.41, 5.74) is 1.59. The number of hydrogen-bond acceptors (Lipinski definition) is 3. The van der Waals surface area contributed by atoms with Crippen LogP contribution in [-0.4, -0.2) is 19.1 Å². The summed E-state index contributed by atoms with van der Waals surface area (Å²) in [6.45, 7) is 5.38. The molecule has 0 unspecified atom stereocenters. The molecule has 0 atom stereocenters. The van der Waals surface area contributed by atoms with Gasteiger partial charge in [-0.25, -0.2) is 4.79 Å². The summed E-state index contributed by atoms with van der Waals surface area (Å²) in [4.78, 5) is 11.6. The Morgan fingerprint density at radius 2 is 2.06 bits per heavy atom. The molecule has 3 nitrogen and oxygen atoms in total. The lowest BCUT2D eigenvalue weighted by Gasteiger charge is -2.08. The molecule has 0 saturated heterocycles. The van der Waals surface area contributed by atoms with Crippen molar-refractivity contribution in [2.75, 3.05) is 18.5 Å². The van der Waals surface area contributed by atoms with Crippen molar-refractivity contribution in [2.24, 2.45) is 0 Å². The predicted molar refractivity (Wildman–Crippen MR) is 75.0 cm³/mol. The Labute approximate surface area is 110 Å². The molecule has 0 saturated carbocycles. The molecular formula is C15H23NO2. The summed E-state index contributed by atoms with van der Waals surface area (Å²) in [5, 5.41) is 3.33. The monoisotopic (exact) mass is 249 g/mol. The first-order valence-corrected chi connectivity index (χ1v) is 6.79. The van der Waals surface area contributed by atoms with Gasteiger partial charge in [0.15, 0.2) is 0 Å². The van der Waals surface area contributed by atoms with Crippen molar-refractivity contribution in [2.45, 2.75) is 39.5 Å². The maximum atomic E-state index is 11.6. The van der Waals surface area contributed by atoms with Gasteiger partial charge in [0, 0.05) is 12.2 Å². The minimum absolute atomic E-state index is 0.257. The Balaban J connectivity index is 2.42. The average molecular weight is 249 g/mol. The molecule has 0 radical (unpaired) electrons. The second-order valence-corrected chi connectivity index (χ2v) is 4.29. The number of esters is 1. The second-order valence-electron chi connectivity index (χ2n) is 4.29. The molecule has 3 heteroatoms. The molecular weight excluding hydrogens is 226 g/mol. The fraction of sp³-hybridized carbons (Fsp3) is 0.533. The number of nitrogens with one attached hydrogen (secondary N) is 1. The smallest absolute Gasteiger partial charge is 0.338 e. The van der Waals surface area contributed by atoms with Gasteiger partial charge in [0.1, 0.15) is 0 Å². The van der Waals surface area contributed by atoms with Crippen molar-refractivity contribution in [3.63, 3.8) is 0 Å². The zero-order valence-electron chi connectivity index (χ0n) is 11.4. The van der Waals surface area contributed by atoms with E-state index in [0.717, 1.165) is 18.7 Å². The van der Waals surface area contributed by atoms with E-state index in [0.29, 0.717) is 12.2 Å². The minimum Gasteiger partial charge on any atom is -0.462 e. The highest BCUT2D eigenvalue weighted by Crippen LogP contribution is 2.12. The van der Waals surface area contributed by atoms with Gasteiger partial charge in [-0.2, -0.15) is 0 Å². The van der Waals surface area contributed by atoms with Crippen LogP contribution in [-0.2, 0) is 4.74 Å². The average Bonchev–Trinajstić information content (AvgIpc) is 2.39. The third-order valence-electron chi connectivity index (χ3n) is 2.73. The van der Waals surface area contributed by atoms with Crippen LogP contribution in [0.3, 0.4) is 0 Å². The lowest BCUT2D eigenvalue weighted by molar-refractivity contribution is 0.0526. The molecule has 1 aromatic rings. The molecule has 0 bridgehead atoms. The van der Waals surface area contributed by atoms with Gasteiger partial charge in [-0.05, 0) is 31.5 Å². The molecule has 18 heavy (non-hydrogen) atoms. The molecule has 0 heterocycles. The molecule has 0 aliphatic carbocycles. The van der Waals surface area contributed by atoms with Crippen LogP contribution in [0.1, 0.15) is 49.9 Å². The van der Waals surface area contributed by atoms with Gasteiger partial charge >= 0.3 is 5.97 Å². The number of hydrogen-bond donors (Lipinski definition) is 1. The number of ether oxygens (including phenoxy) is 1. The molecule has 0 fully saturated rings. The maximum absolute atomic E-state index is 11.6. The lowest BCUT2D eigenvalue weighted by Crippen LogP contribution is -2.06. The fourth-order valence-corrected chi connectivity index (χ4v) is 1.76. The van der Waals surface area contributed by atoms with E-state index in [-0.39, 0.29) is 5.97 Å². The van der Waals surface area contributed by atoms with Crippen molar-refractivity contribution < 1.29 is 9.53 Å². The number of benzene rings is 1. The summed E-state index contributed by atoms with van der Waals surface area (Å²) >= 11 is 0. The third kappa shape index (κ3) is 5.21. The van der Waals surface area contributed by atoms with Crippen molar-refractivity contribution in [1.82, 2.24) is 0 Å². The van der Waals surface area contributed by atoms with Gasteiger partial charge in [-0.15, -0.1) is 0 Å². The van der Waals surface area contributed by atoms with Crippen LogP contribution >= 0.6 is 0 Å². The standard InChI is InChI=1S/C15H23NO2/c1-3-5-6-7-11-16-14-10-8-9-13(12-14)15(17)18-4-2/h8-10,12,16H,3-7,11H2,1-2H3. The van der Waals surface area contributed by atoms with E-state index >= 15 is 0 Å². The summed E-state index contributed by atoms with van der Waals surface area (Å²) in [6, 6.07) is 7.47. The van der Waals surface area contributed by atoms with Gasteiger partial charge in [-0.1, -0.05) is 32.3 Å². The summed E-state index contributed by atoms with van der Waals surface area (Å²) in [6.07, 6.45) is 4.95. The van der Waals surface area contributed by atoms with E-state index in [4.69, 9.17) is 4.74 Å². The van der Waals surface area contributed by atoms with E-state index in [1.807, 2.05) is 25.1 Å². The SMILES string of the molecule is CCCCCCNc1cccc(C(=O)OCC)c1. The van der Waals surface area contributed by atoms with Crippen LogP contribution in [0.5, 0.6) is 0 Å². The zero-order chi connectivity index (χ0) is 13.2. The Kier molecular flexibility index (Phi) is 6.92. The van der Waals surface area contributed by atoms with Gasteiger partial charge < -0.3 is 10.1 Å². The van der Waals surface area contributed by atoms with Crippen LogP contribution in [0.25, 0.3) is 0 Å². The Hall–Kier alpha value is -1.51. The van der Waals surface area contributed by atoms with Gasteiger partial charge in [-0.3, -0.25) is 0 Å². The first-order chi connectivity index (χ1) is 8.77. The van der Waals surface area contributed by atoms with Crippen LogP contribution < -0.4 is 5.32 Å². The molecule has 100 valence electrons. The molecule has 0 aromatic heterocycles. The van der Waals surface area contributed by atoms with Crippen molar-refractivity contribution >= 4 is 11.7 Å². The van der Waals surface area contributed by atoms with Crippen molar-refractivity contribution in [3.8, 4) is 0 Å². The van der Waals surface area contributed by atoms with Crippen LogP contribution in [0.4, 0.5) is 5.69 Å². The number of unbranched alkanes of at least 4 members (excludes halogenated alkanes) is 3. The van der Waals surface area contributed by atoms with Gasteiger partial charge in [0.25, 0.3) is 0 Å². The topological polar surface area (TPSA) is 38.3 Å². The van der Waals surface area contributed by atoms with Gasteiger partial charge in [0.05, 0.1) is 12.2 Å². The molecule has 1 rings (SSSR count). The highest BCUT2D eigenvalue weighted by Gasteiger charge is 2.06. The predicted octanol–water partition coefficient (Wildman–Crippen LogP) is 3.86. The largest absolute Gasteiger partial charge is 0.462 e. The number of anilines is 1. The molecule has 0 spiro atoms. The molecule has 1 aromatic carbocycles. The first-order valence-electron chi connectivity index (χ1n) is 6.79. The molecule has 0 aliphatic rings. The quantitative estimate of drug-likeness (QED) is 0.561. The second kappa shape index (κ2) is 8.56. The van der Waals surface area contributed by atoms with E-state index in [9.17, 15) is 4.79 Å². The van der Waals surface area contributed by atoms with E-state index in [1.54, 1.807) is 6.07 Å². The van der Waals surface area contributed by atoms with Crippen molar-refractivity contribution in [3.05, 3.63) is 29.8 Å². The normalized spacial score (nSPS) is 10.1. The summed E-state index contributed by atoms with van der Waals surface area (Å²) < 4.78 is 4.97. The molecule has 0 amide bonds.